The lowest BCUT2D eigenvalue weighted by atomic mass is 10.1. The zero-order valence-corrected chi connectivity index (χ0v) is 18.9. The highest BCUT2D eigenvalue weighted by Gasteiger charge is 2.28. The zero-order valence-electron chi connectivity index (χ0n) is 17.3. The molecule has 10 heteroatoms. The van der Waals surface area contributed by atoms with Crippen molar-refractivity contribution in [3.63, 3.8) is 0 Å². The average Bonchev–Trinajstić information content (AvgIpc) is 2.76. The number of nitrogens with one attached hydrogen (secondary N) is 2. The summed E-state index contributed by atoms with van der Waals surface area (Å²) in [5.41, 5.74) is 0.589. The van der Waals surface area contributed by atoms with Crippen LogP contribution in [0.5, 0.6) is 11.5 Å². The smallest absolute Gasteiger partial charge is 0.241 e. The Kier molecular flexibility index (Phi) is 7.79. The number of hydrogen-bond acceptors (Lipinski definition) is 6. The van der Waals surface area contributed by atoms with Crippen LogP contribution >= 0.6 is 11.8 Å². The third-order valence-corrected chi connectivity index (χ3v) is 6.87. The minimum absolute atomic E-state index is 0.0168. The van der Waals surface area contributed by atoms with Gasteiger partial charge in [-0.25, -0.2) is 12.8 Å². The first-order valence-electron chi connectivity index (χ1n) is 9.77. The molecule has 1 heterocycles. The van der Waals surface area contributed by atoms with Crippen LogP contribution in [0.3, 0.4) is 0 Å². The van der Waals surface area contributed by atoms with Gasteiger partial charge in [-0.3, -0.25) is 4.79 Å². The largest absolute Gasteiger partial charge is 0.486 e. The van der Waals surface area contributed by atoms with Crippen molar-refractivity contribution in [3.8, 4) is 11.5 Å². The second-order valence-electron chi connectivity index (χ2n) is 7.05. The van der Waals surface area contributed by atoms with E-state index < -0.39 is 33.8 Å². The highest BCUT2D eigenvalue weighted by molar-refractivity contribution is 7.98. The Balaban J connectivity index is 1.75. The molecule has 3 rings (SSSR count). The van der Waals surface area contributed by atoms with Gasteiger partial charge in [0.15, 0.2) is 11.5 Å². The number of hydrogen-bond donors (Lipinski definition) is 2. The Morgan fingerprint density at radius 1 is 1.16 bits per heavy atom. The van der Waals surface area contributed by atoms with Crippen molar-refractivity contribution in [2.45, 2.75) is 30.3 Å². The second-order valence-corrected chi connectivity index (χ2v) is 9.75. The van der Waals surface area contributed by atoms with Crippen molar-refractivity contribution in [2.24, 2.45) is 0 Å². The predicted octanol–water partition coefficient (Wildman–Crippen LogP) is 2.87. The van der Waals surface area contributed by atoms with E-state index in [4.69, 9.17) is 9.47 Å². The maximum absolute atomic E-state index is 13.5. The summed E-state index contributed by atoms with van der Waals surface area (Å²) in [6, 6.07) is 8.77. The van der Waals surface area contributed by atoms with Crippen molar-refractivity contribution < 1.29 is 27.1 Å². The summed E-state index contributed by atoms with van der Waals surface area (Å²) in [4.78, 5) is 12.9. The monoisotopic (exact) mass is 468 g/mol. The highest BCUT2D eigenvalue weighted by atomic mass is 32.2. The molecular weight excluding hydrogens is 443 g/mol. The van der Waals surface area contributed by atoms with Gasteiger partial charge in [-0.1, -0.05) is 12.1 Å². The summed E-state index contributed by atoms with van der Waals surface area (Å²) >= 11 is 1.50. The lowest BCUT2D eigenvalue weighted by molar-refractivity contribution is -0.123. The topological polar surface area (TPSA) is 93.7 Å². The molecule has 0 saturated carbocycles. The molecule has 1 aliphatic rings. The molecule has 0 spiro atoms. The summed E-state index contributed by atoms with van der Waals surface area (Å²) in [6.07, 6.45) is 2.17. The summed E-state index contributed by atoms with van der Waals surface area (Å²) in [5.74, 6) is 0.518. The van der Waals surface area contributed by atoms with Gasteiger partial charge in [-0.2, -0.15) is 16.5 Å². The first kappa shape index (κ1) is 23.4. The van der Waals surface area contributed by atoms with Gasteiger partial charge in [0, 0.05) is 6.07 Å². The number of benzene rings is 2. The van der Waals surface area contributed by atoms with Gasteiger partial charge in [0.25, 0.3) is 0 Å². The Bertz CT molecular complexity index is 1030. The normalized spacial score (nSPS) is 15.2. The van der Waals surface area contributed by atoms with E-state index in [0.717, 1.165) is 0 Å². The molecule has 2 aromatic rings. The van der Waals surface area contributed by atoms with Crippen LogP contribution in [0.15, 0.2) is 47.4 Å². The number of amides is 1. The number of carbonyl (C=O) groups excluding carboxylic acids is 1. The van der Waals surface area contributed by atoms with E-state index in [1.165, 1.54) is 42.1 Å². The first-order valence-corrected chi connectivity index (χ1v) is 12.6. The van der Waals surface area contributed by atoms with Crippen LogP contribution in [-0.4, -0.2) is 45.6 Å². The maximum atomic E-state index is 13.5. The molecule has 0 aliphatic carbocycles. The second kappa shape index (κ2) is 10.3. The van der Waals surface area contributed by atoms with E-state index >= 15 is 0 Å². The van der Waals surface area contributed by atoms with Crippen molar-refractivity contribution >= 4 is 27.7 Å². The maximum Gasteiger partial charge on any atom is 0.241 e. The zero-order chi connectivity index (χ0) is 22.4. The summed E-state index contributed by atoms with van der Waals surface area (Å²) in [5, 5.41) is 2.77. The number of ether oxygens (including phenoxy) is 2. The minimum Gasteiger partial charge on any atom is -0.486 e. The van der Waals surface area contributed by atoms with Crippen LogP contribution < -0.4 is 19.5 Å². The molecule has 2 unspecified atom stereocenters. The van der Waals surface area contributed by atoms with E-state index in [2.05, 4.69) is 10.0 Å². The SMILES string of the molecule is CSCCC(NS(=O)(=O)c1ccc2c(c1)OCCO2)C(=O)NC(C)c1cccc(F)c1. The van der Waals surface area contributed by atoms with Crippen molar-refractivity contribution in [3.05, 3.63) is 53.8 Å². The molecule has 0 aromatic heterocycles. The molecule has 0 bridgehead atoms. The van der Waals surface area contributed by atoms with Crippen molar-refractivity contribution in [1.29, 1.82) is 0 Å². The molecule has 1 amide bonds. The molecule has 2 aromatic carbocycles. The number of halogens is 1. The Morgan fingerprint density at radius 3 is 2.61 bits per heavy atom. The van der Waals surface area contributed by atoms with Crippen LogP contribution in [0, 0.1) is 5.82 Å². The Morgan fingerprint density at radius 2 is 1.90 bits per heavy atom. The first-order chi connectivity index (χ1) is 14.8. The lowest BCUT2D eigenvalue weighted by Gasteiger charge is -2.22. The molecule has 168 valence electrons. The Labute approximate surface area is 185 Å². The molecule has 31 heavy (non-hydrogen) atoms. The van der Waals surface area contributed by atoms with Crippen LogP contribution in [0.25, 0.3) is 0 Å². The third-order valence-electron chi connectivity index (χ3n) is 4.76. The van der Waals surface area contributed by atoms with E-state index in [0.29, 0.717) is 42.4 Å². The van der Waals surface area contributed by atoms with Crippen LogP contribution in [0.1, 0.15) is 24.9 Å². The number of rotatable bonds is 9. The quantitative estimate of drug-likeness (QED) is 0.588. The number of carbonyl (C=O) groups is 1. The van der Waals surface area contributed by atoms with Crippen LogP contribution in [0.2, 0.25) is 0 Å². The standard InChI is InChI=1S/C21H25FN2O5S2/c1-14(15-4-3-5-16(22)12-15)23-21(25)18(8-11-30-2)24-31(26,27)17-6-7-19-20(13-17)29-10-9-28-19/h3-7,12-14,18,24H,8-11H2,1-2H3,(H,23,25). The van der Waals surface area contributed by atoms with Crippen molar-refractivity contribution in [2.75, 3.05) is 25.2 Å². The molecular formula is C21H25FN2O5S2. The van der Waals surface area contributed by atoms with E-state index in [9.17, 15) is 17.6 Å². The van der Waals surface area contributed by atoms with Gasteiger partial charge in [-0.15, -0.1) is 0 Å². The number of sulfonamides is 1. The van der Waals surface area contributed by atoms with Gasteiger partial charge >= 0.3 is 0 Å². The Hall–Kier alpha value is -2.30. The average molecular weight is 469 g/mol. The third kappa shape index (κ3) is 6.11. The van der Waals surface area contributed by atoms with Gasteiger partial charge in [0.2, 0.25) is 15.9 Å². The van der Waals surface area contributed by atoms with Crippen LogP contribution in [-0.2, 0) is 14.8 Å². The summed E-state index contributed by atoms with van der Waals surface area (Å²) < 4.78 is 52.8. The molecule has 1 aliphatic heterocycles. The highest BCUT2D eigenvalue weighted by Crippen LogP contribution is 2.32. The fraction of sp³-hybridized carbons (Fsp3) is 0.381. The van der Waals surface area contributed by atoms with Gasteiger partial charge in [0.05, 0.1) is 10.9 Å². The molecule has 7 nitrogen and oxygen atoms in total. The predicted molar refractivity (Wildman–Crippen MR) is 117 cm³/mol. The van der Waals surface area contributed by atoms with Crippen LogP contribution in [0.4, 0.5) is 4.39 Å². The van der Waals surface area contributed by atoms with Gasteiger partial charge in [-0.05, 0) is 55.2 Å². The summed E-state index contributed by atoms with van der Waals surface area (Å²) in [7, 11) is -3.99. The van der Waals surface area contributed by atoms with Crippen molar-refractivity contribution in [1.82, 2.24) is 10.0 Å². The molecule has 2 N–H and O–H groups in total. The molecule has 2 atom stereocenters. The van der Waals surface area contributed by atoms with Gasteiger partial charge < -0.3 is 14.8 Å². The number of fused-ring (bicyclic) bond motifs is 1. The van der Waals surface area contributed by atoms with E-state index in [1.807, 2.05) is 6.26 Å². The fourth-order valence-corrected chi connectivity index (χ4v) is 4.81. The van der Waals surface area contributed by atoms with Gasteiger partial charge in [0.1, 0.15) is 25.1 Å². The molecule has 0 radical (unpaired) electrons. The molecule has 0 saturated heterocycles. The molecule has 0 fully saturated rings. The fourth-order valence-electron chi connectivity index (χ4n) is 3.10. The van der Waals surface area contributed by atoms with E-state index in [-0.39, 0.29) is 4.90 Å². The number of thioether (sulfide) groups is 1. The minimum atomic E-state index is -3.99. The van der Waals surface area contributed by atoms with E-state index in [1.54, 1.807) is 19.1 Å². The lowest BCUT2D eigenvalue weighted by Crippen LogP contribution is -2.47. The summed E-state index contributed by atoms with van der Waals surface area (Å²) in [6.45, 7) is 2.45.